The minimum absolute atomic E-state index is 0.149. The van der Waals surface area contributed by atoms with Gasteiger partial charge in [0.05, 0.1) is 4.47 Å². The fraction of sp³-hybridized carbons (Fsp3) is 0.625. The third-order valence-electron chi connectivity index (χ3n) is 4.88. The molecule has 3 rings (SSSR count). The van der Waals surface area contributed by atoms with Gasteiger partial charge in [-0.1, -0.05) is 25.5 Å². The Kier molecular flexibility index (Phi) is 3.95. The van der Waals surface area contributed by atoms with Gasteiger partial charge >= 0.3 is 0 Å². The molecule has 1 aromatic rings. The molecule has 0 heterocycles. The zero-order valence-corrected chi connectivity index (χ0v) is 12.9. The van der Waals surface area contributed by atoms with Crippen LogP contribution in [0.3, 0.4) is 0 Å². The van der Waals surface area contributed by atoms with Gasteiger partial charge in [-0.15, -0.1) is 0 Å². The van der Waals surface area contributed by atoms with Gasteiger partial charge in [0.15, 0.2) is 0 Å². The van der Waals surface area contributed by atoms with Crippen molar-refractivity contribution in [3.63, 3.8) is 0 Å². The summed E-state index contributed by atoms with van der Waals surface area (Å²) in [5.74, 6) is 2.56. The van der Waals surface area contributed by atoms with Crippen LogP contribution >= 0.6 is 15.9 Å². The maximum atomic E-state index is 13.6. The van der Waals surface area contributed by atoms with E-state index in [1.165, 1.54) is 25.3 Å². The monoisotopic (exact) mass is 325 g/mol. The van der Waals surface area contributed by atoms with Crippen LogP contribution in [0, 0.1) is 23.6 Å². The highest BCUT2D eigenvalue weighted by Gasteiger charge is 2.55. The van der Waals surface area contributed by atoms with Gasteiger partial charge in [0.25, 0.3) is 0 Å². The number of benzene rings is 1. The van der Waals surface area contributed by atoms with Crippen LogP contribution in [0.4, 0.5) is 4.39 Å². The lowest BCUT2D eigenvalue weighted by Gasteiger charge is -2.20. The molecule has 0 spiro atoms. The molecule has 0 aliphatic heterocycles. The molecule has 1 aromatic carbocycles. The molecular weight excluding hydrogens is 305 g/mol. The Labute approximate surface area is 123 Å². The van der Waals surface area contributed by atoms with Crippen LogP contribution in [0.15, 0.2) is 22.7 Å². The second kappa shape index (κ2) is 5.53. The highest BCUT2D eigenvalue weighted by molar-refractivity contribution is 9.10. The molecule has 2 saturated carbocycles. The molecule has 3 heteroatoms. The molecule has 0 amide bonds. The van der Waals surface area contributed by atoms with E-state index in [0.29, 0.717) is 10.5 Å². The summed E-state index contributed by atoms with van der Waals surface area (Å²) in [5.41, 5.74) is 1.09. The van der Waals surface area contributed by atoms with E-state index in [4.69, 9.17) is 0 Å². The third kappa shape index (κ3) is 2.59. The van der Waals surface area contributed by atoms with E-state index >= 15 is 0 Å². The second-order valence-corrected chi connectivity index (χ2v) is 6.71. The van der Waals surface area contributed by atoms with Crippen LogP contribution in [0.2, 0.25) is 0 Å². The lowest BCUT2D eigenvalue weighted by molar-refractivity contribution is 0.410. The Hall–Kier alpha value is -0.410. The average Bonchev–Trinajstić information content (AvgIpc) is 2.87. The molecule has 2 aliphatic rings. The van der Waals surface area contributed by atoms with Gasteiger partial charge in [0, 0.05) is 6.04 Å². The number of rotatable bonds is 5. The maximum absolute atomic E-state index is 13.6. The largest absolute Gasteiger partial charge is 0.314 e. The molecule has 104 valence electrons. The van der Waals surface area contributed by atoms with E-state index in [1.54, 1.807) is 0 Å². The second-order valence-electron chi connectivity index (χ2n) is 5.92. The van der Waals surface area contributed by atoms with Gasteiger partial charge in [0.2, 0.25) is 0 Å². The summed E-state index contributed by atoms with van der Waals surface area (Å²) < 4.78 is 14.2. The fourth-order valence-electron chi connectivity index (χ4n) is 4.02. The number of hydrogen-bond acceptors (Lipinski definition) is 1. The van der Waals surface area contributed by atoms with Gasteiger partial charge in [-0.25, -0.2) is 4.39 Å². The molecule has 0 aromatic heterocycles. The van der Waals surface area contributed by atoms with E-state index in [1.807, 2.05) is 12.1 Å². The normalized spacial score (nSPS) is 30.2. The Morgan fingerprint density at radius 1 is 1.37 bits per heavy atom. The number of hydrogen-bond donors (Lipinski definition) is 1. The predicted octanol–water partition coefficient (Wildman–Crippen LogP) is 4.15. The van der Waals surface area contributed by atoms with Crippen molar-refractivity contribution in [2.45, 2.75) is 38.6 Å². The van der Waals surface area contributed by atoms with Crippen LogP contribution < -0.4 is 5.32 Å². The summed E-state index contributed by atoms with van der Waals surface area (Å²) in [6, 6.07) is 5.88. The number of likely N-dealkylation sites (N-methyl/N-ethyl adjacent to an activating group) is 1. The highest BCUT2D eigenvalue weighted by atomic mass is 79.9. The zero-order chi connectivity index (χ0) is 13.4. The van der Waals surface area contributed by atoms with Gasteiger partial charge < -0.3 is 5.32 Å². The summed E-state index contributed by atoms with van der Waals surface area (Å²) in [6.07, 6.45) is 5.15. The molecule has 3 atom stereocenters. The van der Waals surface area contributed by atoms with Crippen molar-refractivity contribution in [3.05, 3.63) is 34.1 Å². The van der Waals surface area contributed by atoms with Crippen LogP contribution in [0.5, 0.6) is 0 Å². The van der Waals surface area contributed by atoms with Gasteiger partial charge in [-0.3, -0.25) is 0 Å². The van der Waals surface area contributed by atoms with E-state index in [9.17, 15) is 4.39 Å². The number of fused-ring (bicyclic) bond motifs is 1. The first-order valence-corrected chi connectivity index (χ1v) is 8.18. The predicted molar refractivity (Wildman–Crippen MR) is 79.6 cm³/mol. The van der Waals surface area contributed by atoms with Crippen LogP contribution in [0.1, 0.15) is 31.7 Å². The fourth-order valence-corrected chi connectivity index (χ4v) is 4.45. The Balaban J connectivity index is 1.73. The smallest absolute Gasteiger partial charge is 0.137 e. The minimum Gasteiger partial charge on any atom is -0.314 e. The average molecular weight is 326 g/mol. The van der Waals surface area contributed by atoms with Crippen LogP contribution in [0.25, 0.3) is 0 Å². The van der Waals surface area contributed by atoms with E-state index in [-0.39, 0.29) is 5.82 Å². The van der Waals surface area contributed by atoms with Gasteiger partial charge in [-0.05, 0) is 71.1 Å². The summed E-state index contributed by atoms with van der Waals surface area (Å²) in [5, 5.41) is 3.63. The van der Waals surface area contributed by atoms with Crippen LogP contribution in [-0.2, 0) is 6.42 Å². The van der Waals surface area contributed by atoms with Crippen molar-refractivity contribution in [3.8, 4) is 0 Å². The summed E-state index contributed by atoms with van der Waals surface area (Å²) in [6.45, 7) is 3.15. The molecule has 3 unspecified atom stereocenters. The first-order chi connectivity index (χ1) is 9.22. The maximum Gasteiger partial charge on any atom is 0.137 e. The molecule has 0 saturated heterocycles. The molecule has 2 aliphatic carbocycles. The lowest BCUT2D eigenvalue weighted by Crippen LogP contribution is -2.34. The molecule has 1 nitrogen and oxygen atoms in total. The molecule has 0 bridgehead atoms. The van der Waals surface area contributed by atoms with Crippen molar-refractivity contribution in [1.29, 1.82) is 0 Å². The highest BCUT2D eigenvalue weighted by Crippen LogP contribution is 2.59. The van der Waals surface area contributed by atoms with Crippen molar-refractivity contribution >= 4 is 15.9 Å². The van der Waals surface area contributed by atoms with Gasteiger partial charge in [-0.2, -0.15) is 0 Å². The van der Waals surface area contributed by atoms with E-state index < -0.39 is 0 Å². The first kappa shape index (κ1) is 13.6. The summed E-state index contributed by atoms with van der Waals surface area (Å²) in [7, 11) is 0. The minimum atomic E-state index is -0.149. The van der Waals surface area contributed by atoms with Crippen molar-refractivity contribution in [2.24, 2.45) is 17.8 Å². The van der Waals surface area contributed by atoms with Crippen molar-refractivity contribution in [1.82, 2.24) is 5.32 Å². The zero-order valence-electron chi connectivity index (χ0n) is 11.3. The Bertz CT molecular complexity index is 452. The molecule has 0 radical (unpaired) electrons. The lowest BCUT2D eigenvalue weighted by atomic mass is 9.97. The molecule has 1 N–H and O–H groups in total. The molecule has 19 heavy (non-hydrogen) atoms. The molecular formula is C16H21BrFN. The standard InChI is InChI=1S/C16H21BrFN/c1-2-19-14(15-11-6-4-7-12(11)15)9-10-5-3-8-13(18)16(10)17/h3,5,8,11-12,14-15,19H,2,4,6-7,9H2,1H3. The third-order valence-corrected chi connectivity index (χ3v) is 5.76. The summed E-state index contributed by atoms with van der Waals surface area (Å²) >= 11 is 3.39. The number of nitrogens with one attached hydrogen (secondary N) is 1. The van der Waals surface area contributed by atoms with Gasteiger partial charge in [0.1, 0.15) is 5.82 Å². The quantitative estimate of drug-likeness (QED) is 0.857. The number of halogens is 2. The Morgan fingerprint density at radius 2 is 2.11 bits per heavy atom. The Morgan fingerprint density at radius 3 is 2.79 bits per heavy atom. The SMILES string of the molecule is CCNC(Cc1cccc(F)c1Br)C1C2CCCC21. The summed E-state index contributed by atoms with van der Waals surface area (Å²) in [4.78, 5) is 0. The van der Waals surface area contributed by atoms with Crippen molar-refractivity contribution < 1.29 is 4.39 Å². The van der Waals surface area contributed by atoms with Crippen molar-refractivity contribution in [2.75, 3.05) is 6.54 Å². The first-order valence-electron chi connectivity index (χ1n) is 7.38. The molecule has 2 fully saturated rings. The van der Waals surface area contributed by atoms with E-state index in [2.05, 4.69) is 28.2 Å². The topological polar surface area (TPSA) is 12.0 Å². The van der Waals surface area contributed by atoms with E-state index in [0.717, 1.165) is 36.3 Å². The van der Waals surface area contributed by atoms with Crippen LogP contribution in [-0.4, -0.2) is 12.6 Å².